The number of esters is 1. The van der Waals surface area contributed by atoms with Crippen LogP contribution in [0.25, 0.3) is 0 Å². The van der Waals surface area contributed by atoms with Gasteiger partial charge in [0.2, 0.25) is 5.91 Å². The third-order valence-corrected chi connectivity index (χ3v) is 10.3. The molecule has 2 bridgehead atoms. The van der Waals surface area contributed by atoms with E-state index in [-0.39, 0.29) is 37.5 Å². The lowest BCUT2D eigenvalue weighted by Crippen LogP contribution is -2.55. The second-order valence-electron chi connectivity index (χ2n) is 10.7. The summed E-state index contributed by atoms with van der Waals surface area (Å²) in [7, 11) is 1.59. The first-order valence-corrected chi connectivity index (χ1v) is 14.5. The number of thioether (sulfide) groups is 1. The van der Waals surface area contributed by atoms with Crippen LogP contribution >= 0.6 is 11.8 Å². The van der Waals surface area contributed by atoms with E-state index in [1.807, 2.05) is 19.1 Å². The first kappa shape index (κ1) is 29.2. The first-order valence-electron chi connectivity index (χ1n) is 13.7. The molecule has 0 aromatic heterocycles. The van der Waals surface area contributed by atoms with E-state index < -0.39 is 27.4 Å². The molecule has 3 fully saturated rings. The molecular weight excluding hydrogens is 516 g/mol. The van der Waals surface area contributed by atoms with Crippen molar-refractivity contribution in [3.8, 4) is 5.75 Å². The number of methoxy groups -OCH3 is 1. The zero-order valence-electron chi connectivity index (χ0n) is 23.0. The number of rotatable bonds is 14. The van der Waals surface area contributed by atoms with Crippen molar-refractivity contribution in [3.05, 3.63) is 49.6 Å². The van der Waals surface area contributed by atoms with Gasteiger partial charge < -0.3 is 24.4 Å². The maximum atomic E-state index is 14.5. The molecular formula is C30H40N2O6S. The van der Waals surface area contributed by atoms with Gasteiger partial charge in [0.15, 0.2) is 0 Å². The Labute approximate surface area is 235 Å². The van der Waals surface area contributed by atoms with Crippen LogP contribution < -0.4 is 9.64 Å². The van der Waals surface area contributed by atoms with Gasteiger partial charge in [-0.05, 0) is 69.7 Å². The van der Waals surface area contributed by atoms with Crippen molar-refractivity contribution in [1.82, 2.24) is 4.90 Å². The standard InChI is InChI=1S/C30H40N2O6S/c1-5-7-10-20-38-28(36)24-23-26(34)32(18-8-9-19-33)25(30(23)16-15-29(24,3)39-30)27(35)31(17-6-2)21-11-13-22(37-4)14-12-21/h5-6,11-14,23-25,33H,1-2,7-10,15-20H2,3-4H3/t23-,24+,25?,29-,30?/m0/s1. The second kappa shape index (κ2) is 12.2. The summed E-state index contributed by atoms with van der Waals surface area (Å²) in [6.45, 7) is 10.5. The number of nitrogens with zero attached hydrogens (tertiary/aromatic N) is 2. The fourth-order valence-corrected chi connectivity index (χ4v) is 8.89. The van der Waals surface area contributed by atoms with E-state index in [0.717, 1.165) is 12.8 Å². The number of aliphatic hydroxyl groups is 1. The minimum atomic E-state index is -0.735. The topological polar surface area (TPSA) is 96.4 Å². The Morgan fingerprint density at radius 1 is 1.18 bits per heavy atom. The van der Waals surface area contributed by atoms with Crippen molar-refractivity contribution in [2.24, 2.45) is 11.8 Å². The van der Waals surface area contributed by atoms with Gasteiger partial charge in [-0.25, -0.2) is 0 Å². The van der Waals surface area contributed by atoms with Crippen LogP contribution in [-0.4, -0.2) is 76.7 Å². The second-order valence-corrected chi connectivity index (χ2v) is 12.6. The third kappa shape index (κ3) is 5.23. The fraction of sp³-hybridized carbons (Fsp3) is 0.567. The van der Waals surface area contributed by atoms with Crippen LogP contribution in [0.2, 0.25) is 0 Å². The molecule has 3 aliphatic rings. The molecule has 3 heterocycles. The third-order valence-electron chi connectivity index (χ3n) is 8.33. The van der Waals surface area contributed by atoms with E-state index in [9.17, 15) is 19.5 Å². The quantitative estimate of drug-likeness (QED) is 0.210. The average molecular weight is 557 g/mol. The van der Waals surface area contributed by atoms with Gasteiger partial charge in [0, 0.05) is 30.1 Å². The molecule has 8 nitrogen and oxygen atoms in total. The molecule has 212 valence electrons. The molecule has 2 unspecified atom stereocenters. The summed E-state index contributed by atoms with van der Waals surface area (Å²) in [5, 5.41) is 9.39. The van der Waals surface area contributed by atoms with E-state index in [4.69, 9.17) is 9.47 Å². The number of allylic oxidation sites excluding steroid dienone is 1. The fourth-order valence-electron chi connectivity index (χ4n) is 6.55. The lowest BCUT2D eigenvalue weighted by Gasteiger charge is -2.37. The molecule has 3 saturated heterocycles. The van der Waals surface area contributed by atoms with Gasteiger partial charge in [0.1, 0.15) is 11.8 Å². The van der Waals surface area contributed by atoms with Gasteiger partial charge in [-0.1, -0.05) is 12.2 Å². The predicted molar refractivity (Wildman–Crippen MR) is 153 cm³/mol. The molecule has 0 radical (unpaired) electrons. The van der Waals surface area contributed by atoms with Gasteiger partial charge in [0.05, 0.1) is 30.3 Å². The van der Waals surface area contributed by atoms with Gasteiger partial charge in [-0.15, -0.1) is 24.9 Å². The number of fused-ring (bicyclic) bond motifs is 1. The Hall–Kier alpha value is -2.78. The number of unbranched alkanes of at least 4 members (excludes halogenated alkanes) is 2. The predicted octanol–water partition coefficient (Wildman–Crippen LogP) is 3.98. The molecule has 3 aliphatic heterocycles. The molecule has 5 atom stereocenters. The minimum absolute atomic E-state index is 0.0101. The van der Waals surface area contributed by atoms with Crippen molar-refractivity contribution in [2.45, 2.75) is 61.0 Å². The Kier molecular flexibility index (Phi) is 9.11. The normalized spacial score (nSPS) is 28.7. The number of hydrogen-bond acceptors (Lipinski definition) is 7. The molecule has 1 aromatic rings. The van der Waals surface area contributed by atoms with E-state index in [1.54, 1.807) is 53.0 Å². The summed E-state index contributed by atoms with van der Waals surface area (Å²) in [5.41, 5.74) is 0.685. The summed E-state index contributed by atoms with van der Waals surface area (Å²) in [6, 6.07) is 6.52. The van der Waals surface area contributed by atoms with Gasteiger partial charge in [0.25, 0.3) is 5.91 Å². The highest BCUT2D eigenvalue weighted by Gasteiger charge is 2.77. The largest absolute Gasteiger partial charge is 0.497 e. The zero-order valence-corrected chi connectivity index (χ0v) is 23.8. The van der Waals surface area contributed by atoms with Crippen LogP contribution in [0.4, 0.5) is 5.69 Å². The Bertz CT molecular complexity index is 1090. The number of ether oxygens (including phenoxy) is 2. The Balaban J connectivity index is 1.71. The van der Waals surface area contributed by atoms with Crippen molar-refractivity contribution in [1.29, 1.82) is 0 Å². The zero-order chi connectivity index (χ0) is 28.2. The number of benzene rings is 1. The number of hydrogen-bond donors (Lipinski definition) is 1. The molecule has 1 spiro atoms. The Morgan fingerprint density at radius 2 is 1.92 bits per heavy atom. The first-order chi connectivity index (χ1) is 18.8. The van der Waals surface area contributed by atoms with Gasteiger partial charge in [-0.3, -0.25) is 14.4 Å². The summed E-state index contributed by atoms with van der Waals surface area (Å²) >= 11 is 1.63. The molecule has 9 heteroatoms. The number of carbonyl (C=O) groups is 3. The lowest BCUT2D eigenvalue weighted by molar-refractivity contribution is -0.155. The van der Waals surface area contributed by atoms with Crippen molar-refractivity contribution in [2.75, 3.05) is 38.3 Å². The van der Waals surface area contributed by atoms with Crippen LogP contribution in [0.3, 0.4) is 0 Å². The van der Waals surface area contributed by atoms with Crippen molar-refractivity contribution < 1.29 is 29.0 Å². The maximum Gasteiger partial charge on any atom is 0.311 e. The summed E-state index contributed by atoms with van der Waals surface area (Å²) in [5.74, 6) is -1.26. The van der Waals surface area contributed by atoms with Crippen molar-refractivity contribution in [3.63, 3.8) is 0 Å². The van der Waals surface area contributed by atoms with E-state index in [1.165, 1.54) is 0 Å². The molecule has 2 amide bonds. The highest BCUT2D eigenvalue weighted by Crippen LogP contribution is 2.71. The molecule has 0 saturated carbocycles. The summed E-state index contributed by atoms with van der Waals surface area (Å²) < 4.78 is 9.77. The van der Waals surface area contributed by atoms with Crippen molar-refractivity contribution >= 4 is 35.2 Å². The van der Waals surface area contributed by atoms with Crippen LogP contribution in [0, 0.1) is 11.8 Å². The number of amides is 2. The number of likely N-dealkylation sites (tertiary alicyclic amines) is 1. The highest BCUT2D eigenvalue weighted by atomic mass is 32.2. The molecule has 39 heavy (non-hydrogen) atoms. The average Bonchev–Trinajstić information content (AvgIpc) is 3.50. The molecule has 1 aromatic carbocycles. The maximum absolute atomic E-state index is 14.5. The van der Waals surface area contributed by atoms with E-state index in [2.05, 4.69) is 13.2 Å². The van der Waals surface area contributed by atoms with E-state index in [0.29, 0.717) is 43.7 Å². The van der Waals surface area contributed by atoms with Gasteiger partial charge in [-0.2, -0.15) is 0 Å². The van der Waals surface area contributed by atoms with Crippen LogP contribution in [-0.2, 0) is 19.1 Å². The SMILES string of the molecule is C=CCCCOC(=O)[C@H]1[C@H]2C(=O)N(CCCCO)C(C(=O)N(CC=C)c3ccc(OC)cc3)C23CC[C@]1(C)S3. The van der Waals surface area contributed by atoms with Crippen LogP contribution in [0.15, 0.2) is 49.6 Å². The van der Waals surface area contributed by atoms with Crippen LogP contribution in [0.5, 0.6) is 5.75 Å². The molecule has 1 N–H and O–H groups in total. The van der Waals surface area contributed by atoms with Crippen LogP contribution in [0.1, 0.15) is 45.4 Å². The highest BCUT2D eigenvalue weighted by molar-refractivity contribution is 8.02. The minimum Gasteiger partial charge on any atom is -0.497 e. The summed E-state index contributed by atoms with van der Waals surface area (Å²) in [4.78, 5) is 45.4. The monoisotopic (exact) mass is 556 g/mol. The lowest BCUT2D eigenvalue weighted by atomic mass is 9.66. The molecule has 0 aliphatic carbocycles. The molecule has 4 rings (SSSR count). The number of aliphatic hydroxyl groups excluding tert-OH is 1. The summed E-state index contributed by atoms with van der Waals surface area (Å²) in [6.07, 6.45) is 7.38. The van der Waals surface area contributed by atoms with Gasteiger partial charge >= 0.3 is 5.97 Å². The van der Waals surface area contributed by atoms with E-state index >= 15 is 0 Å². The smallest absolute Gasteiger partial charge is 0.311 e. The number of carbonyl (C=O) groups excluding carboxylic acids is 3. The number of anilines is 1. The Morgan fingerprint density at radius 3 is 2.56 bits per heavy atom.